The fourth-order valence-electron chi connectivity index (χ4n) is 3.61. The third kappa shape index (κ3) is 24.0. The van der Waals surface area contributed by atoms with Crippen molar-refractivity contribution in [2.75, 3.05) is 46.2 Å². The Hall–Kier alpha value is -0.650. The molecule has 0 aromatic carbocycles. The molecule has 0 aliphatic carbocycles. The van der Waals surface area contributed by atoms with Crippen LogP contribution >= 0.6 is 0 Å². The Labute approximate surface area is 199 Å². The lowest BCUT2D eigenvalue weighted by Gasteiger charge is -2.16. The SMILES string of the molecule is CCCCCCCOCCOCCOCCCC(=O)OCC(CCCC)CCCCCC. The number of hydrogen-bond donors (Lipinski definition) is 0. The van der Waals surface area contributed by atoms with E-state index in [0.717, 1.165) is 13.0 Å². The lowest BCUT2D eigenvalue weighted by atomic mass is 9.96. The Kier molecular flexibility index (Phi) is 26.1. The van der Waals surface area contributed by atoms with Gasteiger partial charge in [0.05, 0.1) is 33.0 Å². The van der Waals surface area contributed by atoms with Gasteiger partial charge in [-0.25, -0.2) is 0 Å². The zero-order valence-corrected chi connectivity index (χ0v) is 21.7. The number of carbonyl (C=O) groups excluding carboxylic acids is 1. The summed E-state index contributed by atoms with van der Waals surface area (Å²) in [4.78, 5) is 12.0. The van der Waals surface area contributed by atoms with E-state index in [2.05, 4.69) is 20.8 Å². The molecule has 0 saturated heterocycles. The van der Waals surface area contributed by atoms with Gasteiger partial charge in [-0.15, -0.1) is 0 Å². The van der Waals surface area contributed by atoms with Gasteiger partial charge >= 0.3 is 5.97 Å². The maximum absolute atomic E-state index is 12.0. The Bertz CT molecular complexity index is 375. The van der Waals surface area contributed by atoms with E-state index in [4.69, 9.17) is 18.9 Å². The predicted molar refractivity (Wildman–Crippen MR) is 133 cm³/mol. The molecule has 0 aromatic heterocycles. The van der Waals surface area contributed by atoms with E-state index in [9.17, 15) is 4.79 Å². The molecule has 0 bridgehead atoms. The first-order valence-electron chi connectivity index (χ1n) is 13.6. The summed E-state index contributed by atoms with van der Waals surface area (Å²) in [5.41, 5.74) is 0. The number of unbranched alkanes of at least 4 members (excludes halogenated alkanes) is 8. The van der Waals surface area contributed by atoms with Crippen LogP contribution in [0.2, 0.25) is 0 Å². The molecule has 0 heterocycles. The van der Waals surface area contributed by atoms with Gasteiger partial charge in [0, 0.05) is 19.6 Å². The van der Waals surface area contributed by atoms with Crippen molar-refractivity contribution < 1.29 is 23.7 Å². The molecule has 0 aromatic rings. The summed E-state index contributed by atoms with van der Waals surface area (Å²) in [6.07, 6.45) is 17.3. The van der Waals surface area contributed by atoms with Crippen molar-refractivity contribution in [2.24, 2.45) is 5.92 Å². The van der Waals surface area contributed by atoms with Crippen molar-refractivity contribution >= 4 is 5.97 Å². The standard InChI is InChI=1S/C27H54O5/c1-4-7-10-12-14-19-29-21-23-31-24-22-30-20-15-18-27(28)32-25-26(16-9-6-3)17-13-11-8-5-2/h26H,4-25H2,1-3H3. The largest absolute Gasteiger partial charge is 0.465 e. The van der Waals surface area contributed by atoms with Crippen molar-refractivity contribution in [2.45, 2.75) is 117 Å². The zero-order chi connectivity index (χ0) is 23.5. The summed E-state index contributed by atoms with van der Waals surface area (Å²) in [7, 11) is 0. The van der Waals surface area contributed by atoms with Crippen LogP contribution in [0.1, 0.15) is 117 Å². The fourth-order valence-corrected chi connectivity index (χ4v) is 3.61. The number of rotatable bonds is 26. The molecular weight excluding hydrogens is 404 g/mol. The van der Waals surface area contributed by atoms with E-state index in [1.165, 1.54) is 77.0 Å². The molecule has 5 heteroatoms. The quantitative estimate of drug-likeness (QED) is 0.102. The Balaban J connectivity index is 3.48. The van der Waals surface area contributed by atoms with Gasteiger partial charge in [-0.1, -0.05) is 85.0 Å². The van der Waals surface area contributed by atoms with Crippen molar-refractivity contribution in [1.29, 1.82) is 0 Å². The topological polar surface area (TPSA) is 54.0 Å². The molecule has 192 valence electrons. The Morgan fingerprint density at radius 3 is 1.69 bits per heavy atom. The van der Waals surface area contributed by atoms with Gasteiger partial charge in [-0.05, 0) is 31.6 Å². The molecule has 5 nitrogen and oxygen atoms in total. The van der Waals surface area contributed by atoms with Crippen LogP contribution < -0.4 is 0 Å². The average Bonchev–Trinajstić information content (AvgIpc) is 2.80. The maximum atomic E-state index is 12.0. The number of hydrogen-bond acceptors (Lipinski definition) is 5. The summed E-state index contributed by atoms with van der Waals surface area (Å²) < 4.78 is 22.2. The molecule has 0 N–H and O–H groups in total. The highest BCUT2D eigenvalue weighted by Crippen LogP contribution is 2.18. The van der Waals surface area contributed by atoms with Crippen LogP contribution in [0.4, 0.5) is 0 Å². The first-order chi connectivity index (χ1) is 15.7. The van der Waals surface area contributed by atoms with Crippen LogP contribution in [-0.2, 0) is 23.7 Å². The molecule has 0 radical (unpaired) electrons. The molecule has 0 saturated carbocycles. The van der Waals surface area contributed by atoms with E-state index in [1.807, 2.05) is 0 Å². The normalized spacial score (nSPS) is 12.2. The summed E-state index contributed by atoms with van der Waals surface area (Å²) in [5.74, 6) is 0.431. The number of carbonyl (C=O) groups is 1. The highest BCUT2D eigenvalue weighted by Gasteiger charge is 2.12. The van der Waals surface area contributed by atoms with Gasteiger partial charge in [0.25, 0.3) is 0 Å². The molecule has 1 unspecified atom stereocenters. The number of ether oxygens (including phenoxy) is 4. The second-order valence-electron chi connectivity index (χ2n) is 8.90. The first-order valence-corrected chi connectivity index (χ1v) is 13.6. The van der Waals surface area contributed by atoms with Gasteiger partial charge in [0.2, 0.25) is 0 Å². The van der Waals surface area contributed by atoms with Crippen molar-refractivity contribution in [3.63, 3.8) is 0 Å². The van der Waals surface area contributed by atoms with Crippen LogP contribution in [0.5, 0.6) is 0 Å². The summed E-state index contributed by atoms with van der Waals surface area (Å²) in [6, 6.07) is 0. The van der Waals surface area contributed by atoms with Crippen molar-refractivity contribution in [3.05, 3.63) is 0 Å². The number of esters is 1. The lowest BCUT2D eigenvalue weighted by Crippen LogP contribution is -2.15. The average molecular weight is 459 g/mol. The lowest BCUT2D eigenvalue weighted by molar-refractivity contribution is -0.145. The van der Waals surface area contributed by atoms with E-state index in [1.54, 1.807) is 0 Å². The van der Waals surface area contributed by atoms with Gasteiger partial charge < -0.3 is 18.9 Å². The van der Waals surface area contributed by atoms with Gasteiger partial charge in [0.15, 0.2) is 0 Å². The van der Waals surface area contributed by atoms with Crippen LogP contribution in [0.25, 0.3) is 0 Å². The van der Waals surface area contributed by atoms with E-state index in [0.29, 0.717) is 58.4 Å². The van der Waals surface area contributed by atoms with Crippen molar-refractivity contribution in [1.82, 2.24) is 0 Å². The minimum absolute atomic E-state index is 0.0910. The van der Waals surface area contributed by atoms with Crippen LogP contribution in [-0.4, -0.2) is 52.2 Å². The predicted octanol–water partition coefficient (Wildman–Crippen LogP) is 7.11. The van der Waals surface area contributed by atoms with Crippen LogP contribution in [0.3, 0.4) is 0 Å². The van der Waals surface area contributed by atoms with Crippen LogP contribution in [0, 0.1) is 5.92 Å². The van der Waals surface area contributed by atoms with E-state index >= 15 is 0 Å². The summed E-state index contributed by atoms with van der Waals surface area (Å²) in [6.45, 7) is 11.1. The summed E-state index contributed by atoms with van der Waals surface area (Å²) in [5, 5.41) is 0. The Morgan fingerprint density at radius 1 is 0.562 bits per heavy atom. The third-order valence-electron chi connectivity index (χ3n) is 5.72. The van der Waals surface area contributed by atoms with E-state index < -0.39 is 0 Å². The van der Waals surface area contributed by atoms with Crippen molar-refractivity contribution in [3.8, 4) is 0 Å². The van der Waals surface area contributed by atoms with Gasteiger partial charge in [0.1, 0.15) is 0 Å². The minimum atomic E-state index is -0.0910. The molecule has 0 amide bonds. The first kappa shape index (κ1) is 31.4. The molecule has 0 fully saturated rings. The summed E-state index contributed by atoms with van der Waals surface area (Å²) >= 11 is 0. The molecular formula is C27H54O5. The smallest absolute Gasteiger partial charge is 0.305 e. The highest BCUT2D eigenvalue weighted by molar-refractivity contribution is 5.69. The molecule has 0 aliphatic rings. The van der Waals surface area contributed by atoms with E-state index in [-0.39, 0.29) is 5.97 Å². The molecule has 0 aliphatic heterocycles. The zero-order valence-electron chi connectivity index (χ0n) is 21.7. The van der Waals surface area contributed by atoms with Crippen LogP contribution in [0.15, 0.2) is 0 Å². The monoisotopic (exact) mass is 458 g/mol. The minimum Gasteiger partial charge on any atom is -0.465 e. The van der Waals surface area contributed by atoms with Gasteiger partial charge in [-0.3, -0.25) is 4.79 Å². The van der Waals surface area contributed by atoms with Gasteiger partial charge in [-0.2, -0.15) is 0 Å². The molecule has 0 rings (SSSR count). The third-order valence-corrected chi connectivity index (χ3v) is 5.72. The highest BCUT2D eigenvalue weighted by atomic mass is 16.5. The maximum Gasteiger partial charge on any atom is 0.305 e. The molecule has 32 heavy (non-hydrogen) atoms. The molecule has 1 atom stereocenters. The second-order valence-corrected chi connectivity index (χ2v) is 8.90. The fraction of sp³-hybridized carbons (Fsp3) is 0.963. The Morgan fingerprint density at radius 2 is 1.06 bits per heavy atom. The second kappa shape index (κ2) is 26.6. The molecule has 0 spiro atoms.